The molecular formula is C16H22F3N3O2. The lowest BCUT2D eigenvalue weighted by Gasteiger charge is -2.24. The van der Waals surface area contributed by atoms with Crippen LogP contribution >= 0.6 is 0 Å². The first-order valence-electron chi connectivity index (χ1n) is 7.86. The zero-order valence-electron chi connectivity index (χ0n) is 13.8. The molecule has 0 bridgehead atoms. The summed E-state index contributed by atoms with van der Waals surface area (Å²) >= 11 is 0. The fraction of sp³-hybridized carbons (Fsp3) is 0.625. The van der Waals surface area contributed by atoms with Crippen molar-refractivity contribution in [1.29, 1.82) is 0 Å². The Bertz CT molecular complexity index is 578. The summed E-state index contributed by atoms with van der Waals surface area (Å²) in [6.07, 6.45) is -1.56. The van der Waals surface area contributed by atoms with Crippen LogP contribution in [0.25, 0.3) is 0 Å². The highest BCUT2D eigenvalue weighted by Crippen LogP contribution is 2.36. The van der Waals surface area contributed by atoms with Gasteiger partial charge in [0.2, 0.25) is 5.91 Å². The minimum absolute atomic E-state index is 0.0251. The first-order chi connectivity index (χ1) is 11.3. The SMILES string of the molecule is COCCN1CCC[C@@H]1c1cc(C(F)(F)F)c(CNC(C)=O)cn1. The Morgan fingerprint density at radius 1 is 1.50 bits per heavy atom. The van der Waals surface area contributed by atoms with Gasteiger partial charge in [0.15, 0.2) is 0 Å². The molecule has 1 aromatic heterocycles. The van der Waals surface area contributed by atoms with E-state index in [1.165, 1.54) is 13.1 Å². The van der Waals surface area contributed by atoms with Gasteiger partial charge in [0, 0.05) is 38.9 Å². The molecule has 1 N–H and O–H groups in total. The van der Waals surface area contributed by atoms with Crippen molar-refractivity contribution in [3.05, 3.63) is 29.1 Å². The fourth-order valence-electron chi connectivity index (χ4n) is 2.94. The Balaban J connectivity index is 2.26. The van der Waals surface area contributed by atoms with Crippen molar-refractivity contribution in [3.63, 3.8) is 0 Å². The molecule has 0 unspecified atom stereocenters. The monoisotopic (exact) mass is 345 g/mol. The van der Waals surface area contributed by atoms with Crippen molar-refractivity contribution in [1.82, 2.24) is 15.2 Å². The predicted octanol–water partition coefficient (Wildman–Crippen LogP) is 2.52. The van der Waals surface area contributed by atoms with Crippen molar-refractivity contribution in [3.8, 4) is 0 Å². The van der Waals surface area contributed by atoms with Crippen LogP contribution in [0.15, 0.2) is 12.3 Å². The van der Waals surface area contributed by atoms with Gasteiger partial charge >= 0.3 is 6.18 Å². The summed E-state index contributed by atoms with van der Waals surface area (Å²) in [5.41, 5.74) is -0.342. The number of carbonyl (C=O) groups excluding carboxylic acids is 1. The summed E-state index contributed by atoms with van der Waals surface area (Å²) in [6, 6.07) is 0.989. The van der Waals surface area contributed by atoms with Crippen LogP contribution in [0.4, 0.5) is 13.2 Å². The number of hydrogen-bond acceptors (Lipinski definition) is 4. The molecule has 134 valence electrons. The zero-order valence-corrected chi connectivity index (χ0v) is 13.8. The number of methoxy groups -OCH3 is 1. The van der Waals surface area contributed by atoms with Gasteiger partial charge in [-0.15, -0.1) is 0 Å². The molecule has 0 aromatic carbocycles. The summed E-state index contributed by atoms with van der Waals surface area (Å²) in [5.74, 6) is -0.381. The topological polar surface area (TPSA) is 54.5 Å². The van der Waals surface area contributed by atoms with Gasteiger partial charge in [0.05, 0.1) is 23.9 Å². The third kappa shape index (κ3) is 4.67. The lowest BCUT2D eigenvalue weighted by molar-refractivity contribution is -0.138. The number of likely N-dealkylation sites (tertiary alicyclic amines) is 1. The number of aromatic nitrogens is 1. The number of hydrogen-bond donors (Lipinski definition) is 1. The first-order valence-corrected chi connectivity index (χ1v) is 7.86. The lowest BCUT2D eigenvalue weighted by Crippen LogP contribution is -2.28. The molecule has 1 aliphatic rings. The molecule has 1 atom stereocenters. The third-order valence-electron chi connectivity index (χ3n) is 4.13. The highest BCUT2D eigenvalue weighted by atomic mass is 19.4. The fourth-order valence-corrected chi connectivity index (χ4v) is 2.94. The average Bonchev–Trinajstić information content (AvgIpc) is 2.98. The van der Waals surface area contributed by atoms with E-state index in [4.69, 9.17) is 4.74 Å². The summed E-state index contributed by atoms with van der Waals surface area (Å²) in [4.78, 5) is 17.3. The van der Waals surface area contributed by atoms with E-state index in [1.54, 1.807) is 7.11 Å². The van der Waals surface area contributed by atoms with Gasteiger partial charge in [-0.3, -0.25) is 14.7 Å². The summed E-state index contributed by atoms with van der Waals surface area (Å²) in [7, 11) is 1.60. The molecule has 2 heterocycles. The molecule has 1 amide bonds. The molecule has 0 aliphatic carbocycles. The van der Waals surface area contributed by atoms with Gasteiger partial charge in [-0.25, -0.2) is 0 Å². The number of pyridine rings is 1. The molecular weight excluding hydrogens is 323 g/mol. The molecule has 1 saturated heterocycles. The van der Waals surface area contributed by atoms with Crippen molar-refractivity contribution >= 4 is 5.91 Å². The largest absolute Gasteiger partial charge is 0.416 e. The van der Waals surface area contributed by atoms with E-state index in [1.807, 2.05) is 0 Å². The van der Waals surface area contributed by atoms with E-state index >= 15 is 0 Å². The summed E-state index contributed by atoms with van der Waals surface area (Å²) in [6.45, 7) is 3.10. The normalized spacial score (nSPS) is 18.8. The zero-order chi connectivity index (χ0) is 17.7. The molecule has 5 nitrogen and oxygen atoms in total. The average molecular weight is 345 g/mol. The number of nitrogens with one attached hydrogen (secondary N) is 1. The van der Waals surface area contributed by atoms with Crippen molar-refractivity contribution < 1.29 is 22.7 Å². The van der Waals surface area contributed by atoms with E-state index in [9.17, 15) is 18.0 Å². The van der Waals surface area contributed by atoms with E-state index in [-0.39, 0.29) is 24.1 Å². The maximum absolute atomic E-state index is 13.4. The van der Waals surface area contributed by atoms with Crippen molar-refractivity contribution in [2.45, 2.75) is 38.5 Å². The Hall–Kier alpha value is -1.67. The summed E-state index contributed by atoms with van der Waals surface area (Å²) < 4.78 is 45.2. The number of rotatable bonds is 6. The lowest BCUT2D eigenvalue weighted by atomic mass is 10.0. The number of halogens is 3. The molecule has 8 heteroatoms. The molecule has 2 rings (SSSR count). The molecule has 1 fully saturated rings. The van der Waals surface area contributed by atoms with Crippen LogP contribution in [0.5, 0.6) is 0 Å². The molecule has 1 aliphatic heterocycles. The molecule has 24 heavy (non-hydrogen) atoms. The van der Waals surface area contributed by atoms with Gasteiger partial charge in [-0.05, 0) is 25.5 Å². The van der Waals surface area contributed by atoms with E-state index < -0.39 is 11.7 Å². The van der Waals surface area contributed by atoms with Gasteiger partial charge in [0.1, 0.15) is 0 Å². The predicted molar refractivity (Wildman–Crippen MR) is 82.2 cm³/mol. The third-order valence-corrected chi connectivity index (χ3v) is 4.13. The van der Waals surface area contributed by atoms with Crippen LogP contribution in [0.2, 0.25) is 0 Å². The van der Waals surface area contributed by atoms with Crippen LogP contribution in [0.1, 0.15) is 42.6 Å². The number of ether oxygens (including phenoxy) is 1. The molecule has 1 aromatic rings. The second-order valence-corrected chi connectivity index (χ2v) is 5.86. The van der Waals surface area contributed by atoms with Crippen LogP contribution in [-0.2, 0) is 22.3 Å². The van der Waals surface area contributed by atoms with E-state index in [0.29, 0.717) is 18.8 Å². The second kappa shape index (κ2) is 7.94. The van der Waals surface area contributed by atoms with Gasteiger partial charge in [0.25, 0.3) is 0 Å². The van der Waals surface area contributed by atoms with Crippen LogP contribution in [0.3, 0.4) is 0 Å². The second-order valence-electron chi connectivity index (χ2n) is 5.86. The maximum Gasteiger partial charge on any atom is 0.416 e. The Labute approximate surface area is 139 Å². The number of carbonyl (C=O) groups is 1. The number of alkyl halides is 3. The minimum Gasteiger partial charge on any atom is -0.383 e. The van der Waals surface area contributed by atoms with E-state index in [0.717, 1.165) is 25.5 Å². The number of amides is 1. The van der Waals surface area contributed by atoms with Crippen LogP contribution in [0, 0.1) is 0 Å². The molecule has 0 radical (unpaired) electrons. The Kier molecular flexibility index (Phi) is 6.17. The number of nitrogens with zero attached hydrogens (tertiary/aromatic N) is 2. The Morgan fingerprint density at radius 3 is 2.88 bits per heavy atom. The van der Waals surface area contributed by atoms with E-state index in [2.05, 4.69) is 15.2 Å². The van der Waals surface area contributed by atoms with Crippen molar-refractivity contribution in [2.24, 2.45) is 0 Å². The standard InChI is InChI=1S/C16H22F3N3O2/c1-11(23)20-9-12-10-21-14(8-13(12)16(17,18)19)15-4-3-5-22(15)6-7-24-2/h8,10,15H,3-7,9H2,1-2H3,(H,20,23)/t15-/m1/s1. The molecule has 0 saturated carbocycles. The van der Waals surface area contributed by atoms with Crippen LogP contribution in [-0.4, -0.2) is 42.6 Å². The smallest absolute Gasteiger partial charge is 0.383 e. The van der Waals surface area contributed by atoms with Gasteiger partial charge in [-0.2, -0.15) is 13.2 Å². The molecule has 0 spiro atoms. The van der Waals surface area contributed by atoms with Crippen LogP contribution < -0.4 is 5.32 Å². The maximum atomic E-state index is 13.4. The first kappa shape index (κ1) is 18.7. The van der Waals surface area contributed by atoms with Gasteiger partial charge in [-0.1, -0.05) is 0 Å². The quantitative estimate of drug-likeness (QED) is 0.861. The Morgan fingerprint density at radius 2 is 2.25 bits per heavy atom. The highest BCUT2D eigenvalue weighted by molar-refractivity contribution is 5.72. The highest BCUT2D eigenvalue weighted by Gasteiger charge is 2.36. The summed E-state index contributed by atoms with van der Waals surface area (Å²) in [5, 5.41) is 2.39. The minimum atomic E-state index is -4.48. The van der Waals surface area contributed by atoms with Gasteiger partial charge < -0.3 is 10.1 Å². The van der Waals surface area contributed by atoms with Crippen molar-refractivity contribution in [2.75, 3.05) is 26.8 Å².